The van der Waals surface area contributed by atoms with Crippen LogP contribution in [0.15, 0.2) is 0 Å². The minimum atomic E-state index is -0.0279. The van der Waals surface area contributed by atoms with E-state index in [2.05, 4.69) is 4.90 Å². The number of carbonyl (C=O) groups is 1. The summed E-state index contributed by atoms with van der Waals surface area (Å²) in [6.07, 6.45) is 1.83. The van der Waals surface area contributed by atoms with Crippen LogP contribution in [0.2, 0.25) is 0 Å². The average molecular weight is 273 g/mol. The molecular formula is C10H22Cl2N2O2. The van der Waals surface area contributed by atoms with E-state index in [9.17, 15) is 4.79 Å². The van der Waals surface area contributed by atoms with Crippen molar-refractivity contribution in [3.63, 3.8) is 0 Å². The second-order valence-electron chi connectivity index (χ2n) is 3.66. The summed E-state index contributed by atoms with van der Waals surface area (Å²) in [5.74, 6) is 0.0869. The number of hydrogen-bond donors (Lipinski definition) is 1. The van der Waals surface area contributed by atoms with Crippen LogP contribution in [0.4, 0.5) is 0 Å². The number of likely N-dealkylation sites (tertiary alicyclic amines) is 1. The molecule has 0 saturated carbocycles. The third-order valence-electron chi connectivity index (χ3n) is 2.65. The zero-order valence-electron chi connectivity index (χ0n) is 9.68. The molecule has 1 heterocycles. The Balaban J connectivity index is 0. The van der Waals surface area contributed by atoms with Gasteiger partial charge >= 0.3 is 5.97 Å². The summed E-state index contributed by atoms with van der Waals surface area (Å²) in [5, 5.41) is 0. The molecule has 1 fully saturated rings. The highest BCUT2D eigenvalue weighted by atomic mass is 35.5. The van der Waals surface area contributed by atoms with Gasteiger partial charge in [-0.3, -0.25) is 4.79 Å². The highest BCUT2D eigenvalue weighted by Gasteiger charge is 2.25. The Morgan fingerprint density at radius 2 is 1.94 bits per heavy atom. The first-order chi connectivity index (χ1) is 6.77. The lowest BCUT2D eigenvalue weighted by Gasteiger charge is -2.30. The minimum absolute atomic E-state index is 0. The van der Waals surface area contributed by atoms with Crippen molar-refractivity contribution in [1.82, 2.24) is 4.90 Å². The van der Waals surface area contributed by atoms with Crippen molar-refractivity contribution in [2.45, 2.75) is 19.8 Å². The third-order valence-corrected chi connectivity index (χ3v) is 2.65. The number of hydrogen-bond acceptors (Lipinski definition) is 4. The number of nitrogens with zero attached hydrogens (tertiary/aromatic N) is 1. The van der Waals surface area contributed by atoms with Crippen molar-refractivity contribution in [3.05, 3.63) is 0 Å². The smallest absolute Gasteiger partial charge is 0.309 e. The maximum atomic E-state index is 11.4. The average Bonchev–Trinajstić information content (AvgIpc) is 2.20. The van der Waals surface area contributed by atoms with Gasteiger partial charge in [0.15, 0.2) is 0 Å². The molecule has 1 aliphatic heterocycles. The zero-order chi connectivity index (χ0) is 10.4. The molecule has 1 saturated heterocycles. The summed E-state index contributed by atoms with van der Waals surface area (Å²) in [6, 6.07) is 0. The van der Waals surface area contributed by atoms with Crippen molar-refractivity contribution in [1.29, 1.82) is 0 Å². The molecule has 0 aromatic rings. The van der Waals surface area contributed by atoms with Gasteiger partial charge in [-0.05, 0) is 32.9 Å². The zero-order valence-corrected chi connectivity index (χ0v) is 11.3. The first kappa shape index (κ1) is 18.3. The number of ether oxygens (including phenoxy) is 1. The number of esters is 1. The maximum Gasteiger partial charge on any atom is 0.309 e. The van der Waals surface area contributed by atoms with Gasteiger partial charge in [0, 0.05) is 13.1 Å². The van der Waals surface area contributed by atoms with Crippen molar-refractivity contribution >= 4 is 30.8 Å². The lowest BCUT2D eigenvalue weighted by molar-refractivity contribution is -0.149. The molecule has 0 aliphatic carbocycles. The van der Waals surface area contributed by atoms with Gasteiger partial charge in [-0.15, -0.1) is 24.8 Å². The molecule has 1 rings (SSSR count). The molecule has 0 atom stereocenters. The van der Waals surface area contributed by atoms with Crippen LogP contribution in [-0.4, -0.2) is 43.7 Å². The van der Waals surface area contributed by atoms with Crippen molar-refractivity contribution < 1.29 is 9.53 Å². The van der Waals surface area contributed by atoms with Gasteiger partial charge in [-0.25, -0.2) is 0 Å². The molecule has 0 spiro atoms. The number of carbonyl (C=O) groups excluding carboxylic acids is 1. The van der Waals surface area contributed by atoms with E-state index >= 15 is 0 Å². The molecule has 1 aliphatic rings. The van der Waals surface area contributed by atoms with Gasteiger partial charge in [0.2, 0.25) is 0 Å². The molecule has 0 aromatic carbocycles. The second-order valence-corrected chi connectivity index (χ2v) is 3.66. The van der Waals surface area contributed by atoms with Gasteiger partial charge in [-0.2, -0.15) is 0 Å². The Morgan fingerprint density at radius 3 is 2.38 bits per heavy atom. The first-order valence-electron chi connectivity index (χ1n) is 5.37. The predicted octanol–water partition coefficient (Wildman–Crippen LogP) is 1.06. The minimum Gasteiger partial charge on any atom is -0.466 e. The standard InChI is InChI=1S/C10H20N2O2.2ClH/c1-2-14-10(13)9-3-6-12(7-4-9)8-5-11;;/h9H,2-8,11H2,1H3;2*1H. The van der Waals surface area contributed by atoms with E-state index < -0.39 is 0 Å². The molecule has 98 valence electrons. The molecule has 0 amide bonds. The van der Waals surface area contributed by atoms with E-state index in [4.69, 9.17) is 10.5 Å². The summed E-state index contributed by atoms with van der Waals surface area (Å²) in [4.78, 5) is 13.7. The lowest BCUT2D eigenvalue weighted by atomic mass is 9.97. The Morgan fingerprint density at radius 1 is 1.38 bits per heavy atom. The molecule has 2 N–H and O–H groups in total. The van der Waals surface area contributed by atoms with E-state index in [1.807, 2.05) is 6.92 Å². The van der Waals surface area contributed by atoms with Gasteiger partial charge in [-0.1, -0.05) is 0 Å². The van der Waals surface area contributed by atoms with Gasteiger partial charge in [0.05, 0.1) is 12.5 Å². The van der Waals surface area contributed by atoms with E-state index in [-0.39, 0.29) is 36.7 Å². The topological polar surface area (TPSA) is 55.6 Å². The van der Waals surface area contributed by atoms with Crippen molar-refractivity contribution in [3.8, 4) is 0 Å². The number of piperidine rings is 1. The van der Waals surface area contributed by atoms with Crippen LogP contribution in [0.25, 0.3) is 0 Å². The maximum absolute atomic E-state index is 11.4. The fourth-order valence-electron chi connectivity index (χ4n) is 1.83. The Labute approximate surface area is 110 Å². The summed E-state index contributed by atoms with van der Waals surface area (Å²) in [5.41, 5.74) is 5.47. The number of nitrogens with two attached hydrogens (primary N) is 1. The monoisotopic (exact) mass is 272 g/mol. The molecule has 4 nitrogen and oxygen atoms in total. The van der Waals surface area contributed by atoms with E-state index in [0.29, 0.717) is 13.2 Å². The van der Waals surface area contributed by atoms with Crippen LogP contribution in [0.1, 0.15) is 19.8 Å². The van der Waals surface area contributed by atoms with Crippen LogP contribution in [0.5, 0.6) is 0 Å². The second kappa shape index (κ2) is 10.1. The largest absolute Gasteiger partial charge is 0.466 e. The predicted molar refractivity (Wildman–Crippen MR) is 69.3 cm³/mol. The molecule has 6 heteroatoms. The highest BCUT2D eigenvalue weighted by Crippen LogP contribution is 2.17. The summed E-state index contributed by atoms with van der Waals surface area (Å²) in [6.45, 7) is 5.92. The van der Waals surface area contributed by atoms with E-state index in [1.165, 1.54) is 0 Å². The van der Waals surface area contributed by atoms with Crippen LogP contribution in [0.3, 0.4) is 0 Å². The van der Waals surface area contributed by atoms with Gasteiger partial charge in [0.1, 0.15) is 0 Å². The van der Waals surface area contributed by atoms with Crippen molar-refractivity contribution in [2.75, 3.05) is 32.8 Å². The normalized spacial score (nSPS) is 17.1. The summed E-state index contributed by atoms with van der Waals surface area (Å²) < 4.78 is 4.99. The molecule has 16 heavy (non-hydrogen) atoms. The Kier molecular flexibility index (Phi) is 11.6. The highest BCUT2D eigenvalue weighted by molar-refractivity contribution is 5.85. The summed E-state index contributed by atoms with van der Waals surface area (Å²) >= 11 is 0. The van der Waals surface area contributed by atoms with Crippen LogP contribution in [0, 0.1) is 5.92 Å². The molecular weight excluding hydrogens is 251 g/mol. The molecule has 0 radical (unpaired) electrons. The Hall–Kier alpha value is -0.0300. The van der Waals surface area contributed by atoms with Crippen LogP contribution < -0.4 is 5.73 Å². The molecule has 0 bridgehead atoms. The molecule has 0 aromatic heterocycles. The van der Waals surface area contributed by atoms with Crippen molar-refractivity contribution in [2.24, 2.45) is 11.7 Å². The number of halogens is 2. The Bertz CT molecular complexity index is 186. The van der Waals surface area contributed by atoms with E-state index in [1.54, 1.807) is 0 Å². The summed E-state index contributed by atoms with van der Waals surface area (Å²) in [7, 11) is 0. The van der Waals surface area contributed by atoms with Crippen LogP contribution >= 0.6 is 24.8 Å². The SMILES string of the molecule is CCOC(=O)C1CCN(CCN)CC1.Cl.Cl. The van der Waals surface area contributed by atoms with E-state index in [0.717, 1.165) is 32.5 Å². The number of rotatable bonds is 4. The van der Waals surface area contributed by atoms with Gasteiger partial charge in [0.25, 0.3) is 0 Å². The fraction of sp³-hybridized carbons (Fsp3) is 0.900. The first-order valence-corrected chi connectivity index (χ1v) is 5.37. The molecule has 0 unspecified atom stereocenters. The third kappa shape index (κ3) is 5.89. The lowest BCUT2D eigenvalue weighted by Crippen LogP contribution is -2.39. The van der Waals surface area contributed by atoms with Crippen LogP contribution in [-0.2, 0) is 9.53 Å². The fourth-order valence-corrected chi connectivity index (χ4v) is 1.83. The quantitative estimate of drug-likeness (QED) is 0.778. The van der Waals surface area contributed by atoms with Gasteiger partial charge < -0.3 is 15.4 Å².